The second kappa shape index (κ2) is 7.78. The number of aryl methyl sites for hydroxylation is 1. The molecule has 1 atom stereocenters. The highest BCUT2D eigenvalue weighted by atomic mass is 32.1. The van der Waals surface area contributed by atoms with Crippen molar-refractivity contribution in [3.63, 3.8) is 0 Å². The number of thiophene rings is 1. The van der Waals surface area contributed by atoms with Gasteiger partial charge in [0.1, 0.15) is 6.61 Å². The molecule has 0 radical (unpaired) electrons. The molecule has 2 aromatic heterocycles. The molecule has 122 valence electrons. The maximum absolute atomic E-state index is 8.77. The number of hydrogen-bond donors (Lipinski definition) is 2. The number of likely N-dealkylation sites (tertiary alicyclic amines) is 1. The van der Waals surface area contributed by atoms with E-state index >= 15 is 0 Å². The summed E-state index contributed by atoms with van der Waals surface area (Å²) in [4.78, 5) is 3.87. The maximum atomic E-state index is 8.77. The molecule has 1 saturated heterocycles. The van der Waals surface area contributed by atoms with E-state index in [0.29, 0.717) is 5.92 Å². The highest BCUT2D eigenvalue weighted by Gasteiger charge is 2.24. The van der Waals surface area contributed by atoms with Crippen molar-refractivity contribution in [2.45, 2.75) is 38.6 Å². The first-order chi connectivity index (χ1) is 11.3. The molecule has 4 nitrogen and oxygen atoms in total. The maximum Gasteiger partial charge on any atom is 0.104 e. The zero-order chi connectivity index (χ0) is 16.1. The summed E-state index contributed by atoms with van der Waals surface area (Å²) in [6.45, 7) is 5.34. The summed E-state index contributed by atoms with van der Waals surface area (Å²) >= 11 is 1.75. The first kappa shape index (κ1) is 16.3. The van der Waals surface area contributed by atoms with E-state index < -0.39 is 0 Å². The van der Waals surface area contributed by atoms with Gasteiger partial charge in [0.2, 0.25) is 0 Å². The molecule has 0 aliphatic carbocycles. The van der Waals surface area contributed by atoms with E-state index in [-0.39, 0.29) is 6.61 Å². The molecule has 3 heterocycles. The van der Waals surface area contributed by atoms with Crippen molar-refractivity contribution in [1.82, 2.24) is 15.1 Å². The molecule has 0 amide bonds. The molecule has 0 aromatic carbocycles. The van der Waals surface area contributed by atoms with Gasteiger partial charge in [-0.15, -0.1) is 11.3 Å². The molecule has 1 unspecified atom stereocenters. The van der Waals surface area contributed by atoms with E-state index in [1.165, 1.54) is 29.0 Å². The van der Waals surface area contributed by atoms with Gasteiger partial charge >= 0.3 is 0 Å². The molecule has 3 rings (SSSR count). The molecule has 2 N–H and O–H groups in total. The van der Waals surface area contributed by atoms with Gasteiger partial charge in [-0.3, -0.25) is 10.00 Å². The Morgan fingerprint density at radius 1 is 1.52 bits per heavy atom. The van der Waals surface area contributed by atoms with E-state index in [4.69, 9.17) is 5.11 Å². The zero-order valence-electron chi connectivity index (χ0n) is 13.5. The van der Waals surface area contributed by atoms with Crippen LogP contribution in [0.4, 0.5) is 0 Å². The molecular formula is C18H23N3OS. The number of aliphatic hydroxyl groups excluding tert-OH is 1. The van der Waals surface area contributed by atoms with Crippen LogP contribution < -0.4 is 0 Å². The summed E-state index contributed by atoms with van der Waals surface area (Å²) in [5, 5.41) is 18.3. The first-order valence-electron chi connectivity index (χ1n) is 8.21. The molecular weight excluding hydrogens is 306 g/mol. The third-order valence-corrected chi connectivity index (χ3v) is 5.31. The molecule has 5 heteroatoms. The Kier molecular flexibility index (Phi) is 5.50. The lowest BCUT2D eigenvalue weighted by atomic mass is 9.92. The van der Waals surface area contributed by atoms with Gasteiger partial charge in [-0.25, -0.2) is 0 Å². The van der Waals surface area contributed by atoms with Crippen molar-refractivity contribution in [2.75, 3.05) is 19.7 Å². The van der Waals surface area contributed by atoms with E-state index in [1.54, 1.807) is 11.3 Å². The number of H-pyrrole nitrogens is 1. The predicted octanol–water partition coefficient (Wildman–Crippen LogP) is 2.76. The van der Waals surface area contributed by atoms with Crippen LogP contribution >= 0.6 is 11.3 Å². The fraction of sp³-hybridized carbons (Fsp3) is 0.500. The van der Waals surface area contributed by atoms with Crippen LogP contribution in [-0.2, 0) is 13.0 Å². The fourth-order valence-electron chi connectivity index (χ4n) is 3.28. The molecule has 0 bridgehead atoms. The SMILES string of the molecule is CCc1cn[nH]c1C1CCCN(Cc2cc(C#CCO)cs2)C1. The summed E-state index contributed by atoms with van der Waals surface area (Å²) < 4.78 is 0. The van der Waals surface area contributed by atoms with Crippen LogP contribution in [0.5, 0.6) is 0 Å². The Balaban J connectivity index is 1.63. The lowest BCUT2D eigenvalue weighted by Crippen LogP contribution is -2.34. The van der Waals surface area contributed by atoms with Crippen molar-refractivity contribution >= 4 is 11.3 Å². The van der Waals surface area contributed by atoms with Gasteiger partial charge in [0.25, 0.3) is 0 Å². The van der Waals surface area contributed by atoms with Crippen LogP contribution in [0.25, 0.3) is 0 Å². The summed E-state index contributed by atoms with van der Waals surface area (Å²) in [5.41, 5.74) is 3.70. The topological polar surface area (TPSA) is 52.2 Å². The molecule has 23 heavy (non-hydrogen) atoms. The number of hydrogen-bond acceptors (Lipinski definition) is 4. The number of aromatic nitrogens is 2. The van der Waals surface area contributed by atoms with Crippen LogP contribution in [0.2, 0.25) is 0 Å². The minimum absolute atomic E-state index is 0.0804. The molecule has 1 fully saturated rings. The normalized spacial score (nSPS) is 18.6. The van der Waals surface area contributed by atoms with Crippen LogP contribution in [0.3, 0.4) is 0 Å². The number of nitrogens with one attached hydrogen (secondary N) is 1. The Morgan fingerprint density at radius 3 is 3.26 bits per heavy atom. The number of aromatic amines is 1. The van der Waals surface area contributed by atoms with Crippen LogP contribution in [0.15, 0.2) is 17.6 Å². The van der Waals surface area contributed by atoms with Crippen LogP contribution in [0.1, 0.15) is 47.4 Å². The minimum atomic E-state index is -0.0804. The Bertz CT molecular complexity index is 694. The summed E-state index contributed by atoms with van der Waals surface area (Å²) in [5.74, 6) is 6.25. The highest BCUT2D eigenvalue weighted by molar-refractivity contribution is 7.10. The van der Waals surface area contributed by atoms with Crippen molar-refractivity contribution in [2.24, 2.45) is 0 Å². The number of nitrogens with zero attached hydrogens (tertiary/aromatic N) is 2. The third kappa shape index (κ3) is 4.03. The Hall–Kier alpha value is -1.61. The number of piperidine rings is 1. The summed E-state index contributed by atoms with van der Waals surface area (Å²) in [6, 6.07) is 2.14. The predicted molar refractivity (Wildman–Crippen MR) is 93.5 cm³/mol. The third-order valence-electron chi connectivity index (χ3n) is 4.39. The Labute approximate surface area is 141 Å². The highest BCUT2D eigenvalue weighted by Crippen LogP contribution is 2.29. The van der Waals surface area contributed by atoms with Gasteiger partial charge in [0.15, 0.2) is 0 Å². The van der Waals surface area contributed by atoms with Crippen molar-refractivity contribution < 1.29 is 5.11 Å². The van der Waals surface area contributed by atoms with Crippen molar-refractivity contribution in [3.8, 4) is 11.8 Å². The Morgan fingerprint density at radius 2 is 2.43 bits per heavy atom. The standard InChI is InChI=1S/C18H23N3OS/c1-2-15-10-19-20-18(15)16-6-3-7-21(11-16)12-17-9-14(13-23-17)5-4-8-22/h9-10,13,16,22H,2-3,6-8,11-12H2,1H3,(H,19,20). The van der Waals surface area contributed by atoms with E-state index in [0.717, 1.165) is 31.6 Å². The molecule has 1 aliphatic rings. The summed E-state index contributed by atoms with van der Waals surface area (Å²) in [6.07, 6.45) is 5.48. The average molecular weight is 329 g/mol. The van der Waals surface area contributed by atoms with Crippen molar-refractivity contribution in [1.29, 1.82) is 0 Å². The monoisotopic (exact) mass is 329 g/mol. The van der Waals surface area contributed by atoms with Gasteiger partial charge in [-0.1, -0.05) is 18.8 Å². The van der Waals surface area contributed by atoms with E-state index in [9.17, 15) is 0 Å². The second-order valence-corrected chi connectivity index (χ2v) is 6.99. The fourth-order valence-corrected chi connectivity index (χ4v) is 4.14. The summed E-state index contributed by atoms with van der Waals surface area (Å²) in [7, 11) is 0. The molecule has 2 aromatic rings. The van der Waals surface area contributed by atoms with Gasteiger partial charge in [0.05, 0.1) is 6.20 Å². The largest absolute Gasteiger partial charge is 0.384 e. The lowest BCUT2D eigenvalue weighted by Gasteiger charge is -2.32. The quantitative estimate of drug-likeness (QED) is 0.848. The second-order valence-electron chi connectivity index (χ2n) is 6.00. The molecule has 1 aliphatic heterocycles. The smallest absolute Gasteiger partial charge is 0.104 e. The molecule has 0 spiro atoms. The first-order valence-corrected chi connectivity index (χ1v) is 9.09. The lowest BCUT2D eigenvalue weighted by molar-refractivity contribution is 0.199. The van der Waals surface area contributed by atoms with Gasteiger partial charge < -0.3 is 5.11 Å². The molecule has 0 saturated carbocycles. The van der Waals surface area contributed by atoms with E-state index in [2.05, 4.69) is 45.3 Å². The zero-order valence-corrected chi connectivity index (χ0v) is 14.3. The van der Waals surface area contributed by atoms with Crippen LogP contribution in [-0.4, -0.2) is 39.9 Å². The minimum Gasteiger partial charge on any atom is -0.384 e. The average Bonchev–Trinajstić information content (AvgIpc) is 3.22. The number of aliphatic hydroxyl groups is 1. The van der Waals surface area contributed by atoms with Crippen molar-refractivity contribution in [3.05, 3.63) is 39.3 Å². The van der Waals surface area contributed by atoms with Gasteiger partial charge in [-0.05, 0) is 37.4 Å². The van der Waals surface area contributed by atoms with Crippen LogP contribution in [0, 0.1) is 11.8 Å². The number of rotatable bonds is 4. The van der Waals surface area contributed by atoms with Gasteiger partial charge in [-0.2, -0.15) is 5.10 Å². The van der Waals surface area contributed by atoms with E-state index in [1.807, 2.05) is 6.20 Å². The van der Waals surface area contributed by atoms with Gasteiger partial charge in [0, 0.05) is 40.5 Å².